The van der Waals surface area contributed by atoms with Crippen molar-refractivity contribution in [2.75, 3.05) is 0 Å². The number of benzene rings is 1. The molecule has 2 aromatic heterocycles. The highest BCUT2D eigenvalue weighted by Crippen LogP contribution is 2.29. The fourth-order valence-electron chi connectivity index (χ4n) is 1.95. The predicted molar refractivity (Wildman–Crippen MR) is 74.1 cm³/mol. The minimum Gasteiger partial charge on any atom is -0.508 e. The van der Waals surface area contributed by atoms with Crippen molar-refractivity contribution < 1.29 is 9.63 Å². The molecule has 2 heterocycles. The molecular weight excluding hydrogens is 254 g/mol. The third-order valence-electron chi connectivity index (χ3n) is 3.11. The van der Waals surface area contributed by atoms with Gasteiger partial charge in [0, 0.05) is 17.3 Å². The second kappa shape index (κ2) is 4.77. The Morgan fingerprint density at radius 1 is 1.15 bits per heavy atom. The second-order valence-corrected chi connectivity index (χ2v) is 4.59. The quantitative estimate of drug-likeness (QED) is 0.772. The highest BCUT2D eigenvalue weighted by atomic mass is 16.5. The van der Waals surface area contributed by atoms with Gasteiger partial charge >= 0.3 is 0 Å². The van der Waals surface area contributed by atoms with E-state index in [-0.39, 0.29) is 5.75 Å². The largest absolute Gasteiger partial charge is 0.508 e. The first-order chi connectivity index (χ1) is 9.65. The van der Waals surface area contributed by atoms with Crippen LogP contribution in [0.25, 0.3) is 23.0 Å². The molecule has 3 aromatic rings. The summed E-state index contributed by atoms with van der Waals surface area (Å²) >= 11 is 0. The molecule has 0 bridgehead atoms. The van der Waals surface area contributed by atoms with Gasteiger partial charge in [-0.25, -0.2) is 0 Å². The van der Waals surface area contributed by atoms with E-state index < -0.39 is 0 Å². The van der Waals surface area contributed by atoms with Gasteiger partial charge in [-0.05, 0) is 43.7 Å². The molecule has 0 radical (unpaired) electrons. The van der Waals surface area contributed by atoms with Gasteiger partial charge in [0.1, 0.15) is 11.4 Å². The van der Waals surface area contributed by atoms with E-state index in [9.17, 15) is 5.11 Å². The summed E-state index contributed by atoms with van der Waals surface area (Å²) in [6.07, 6.45) is 1.71. The molecule has 100 valence electrons. The molecule has 0 aliphatic rings. The number of hydrogen-bond donors (Lipinski definition) is 1. The Bertz CT molecular complexity index is 765. The number of aromatic nitrogens is 3. The number of aryl methyl sites for hydroxylation is 1. The van der Waals surface area contributed by atoms with Crippen LogP contribution in [-0.4, -0.2) is 20.2 Å². The van der Waals surface area contributed by atoms with E-state index in [2.05, 4.69) is 15.1 Å². The normalized spacial score (nSPS) is 10.7. The van der Waals surface area contributed by atoms with E-state index in [1.807, 2.05) is 25.1 Å². The fraction of sp³-hybridized carbons (Fsp3) is 0.133. The molecule has 5 heteroatoms. The number of phenols is 1. The topological polar surface area (TPSA) is 72.0 Å². The van der Waals surface area contributed by atoms with E-state index in [4.69, 9.17) is 4.52 Å². The molecule has 1 N–H and O–H groups in total. The van der Waals surface area contributed by atoms with Gasteiger partial charge in [-0.3, -0.25) is 4.98 Å². The summed E-state index contributed by atoms with van der Waals surface area (Å²) < 4.78 is 5.27. The van der Waals surface area contributed by atoms with Crippen LogP contribution in [0.1, 0.15) is 11.1 Å². The molecule has 0 saturated carbocycles. The zero-order valence-electron chi connectivity index (χ0n) is 11.2. The Labute approximate surface area is 115 Å². The third kappa shape index (κ3) is 2.14. The lowest BCUT2D eigenvalue weighted by atomic mass is 10.1. The zero-order valence-corrected chi connectivity index (χ0v) is 11.2. The first-order valence-corrected chi connectivity index (χ1v) is 6.21. The Hall–Kier alpha value is -2.69. The molecular formula is C15H13N3O2. The van der Waals surface area contributed by atoms with E-state index >= 15 is 0 Å². The molecule has 0 fully saturated rings. The number of aromatic hydroxyl groups is 1. The minimum absolute atomic E-state index is 0.205. The van der Waals surface area contributed by atoms with Crippen molar-refractivity contribution in [3.05, 3.63) is 47.7 Å². The van der Waals surface area contributed by atoms with E-state index in [0.717, 1.165) is 11.1 Å². The summed E-state index contributed by atoms with van der Waals surface area (Å²) in [5.41, 5.74) is 3.17. The highest BCUT2D eigenvalue weighted by molar-refractivity contribution is 5.63. The number of phenolic OH excluding ortho intramolecular Hbond substituents is 1. The zero-order chi connectivity index (χ0) is 14.1. The van der Waals surface area contributed by atoms with Crippen molar-refractivity contribution in [2.24, 2.45) is 0 Å². The molecule has 0 amide bonds. The van der Waals surface area contributed by atoms with Crippen LogP contribution in [-0.2, 0) is 0 Å². The number of pyridine rings is 1. The van der Waals surface area contributed by atoms with Crippen molar-refractivity contribution in [3.63, 3.8) is 0 Å². The van der Waals surface area contributed by atoms with Crippen LogP contribution < -0.4 is 0 Å². The van der Waals surface area contributed by atoms with Crippen LogP contribution in [0.5, 0.6) is 5.75 Å². The Morgan fingerprint density at radius 3 is 2.80 bits per heavy atom. The maximum Gasteiger partial charge on any atom is 0.258 e. The van der Waals surface area contributed by atoms with Gasteiger partial charge in [-0.1, -0.05) is 11.2 Å². The van der Waals surface area contributed by atoms with Gasteiger partial charge in [-0.2, -0.15) is 4.98 Å². The van der Waals surface area contributed by atoms with Crippen LogP contribution in [0.15, 0.2) is 41.1 Å². The van der Waals surface area contributed by atoms with E-state index in [0.29, 0.717) is 23.0 Å². The molecule has 0 unspecified atom stereocenters. The van der Waals surface area contributed by atoms with Crippen LogP contribution in [0.4, 0.5) is 0 Å². The van der Waals surface area contributed by atoms with Crippen molar-refractivity contribution in [1.82, 2.24) is 15.1 Å². The van der Waals surface area contributed by atoms with Crippen LogP contribution >= 0.6 is 0 Å². The Balaban J connectivity index is 2.04. The fourth-order valence-corrected chi connectivity index (χ4v) is 1.95. The summed E-state index contributed by atoms with van der Waals surface area (Å²) in [6.45, 7) is 3.78. The molecule has 20 heavy (non-hydrogen) atoms. The molecule has 0 atom stereocenters. The number of hydrogen-bond acceptors (Lipinski definition) is 5. The predicted octanol–water partition coefficient (Wildman–Crippen LogP) is 3.12. The summed E-state index contributed by atoms with van der Waals surface area (Å²) in [4.78, 5) is 8.56. The molecule has 5 nitrogen and oxygen atoms in total. The van der Waals surface area contributed by atoms with Gasteiger partial charge < -0.3 is 9.63 Å². The first-order valence-electron chi connectivity index (χ1n) is 6.21. The van der Waals surface area contributed by atoms with Crippen molar-refractivity contribution in [2.45, 2.75) is 13.8 Å². The SMILES string of the molecule is Cc1ccnc(-c2noc(-c3cccc(O)c3C)n2)c1. The Morgan fingerprint density at radius 2 is 2.00 bits per heavy atom. The standard InChI is InChI=1S/C15H13N3O2/c1-9-6-7-16-12(8-9)14-17-15(20-18-14)11-4-3-5-13(19)10(11)2/h3-8,19H,1-2H3. The average molecular weight is 267 g/mol. The summed E-state index contributed by atoms with van der Waals surface area (Å²) in [6, 6.07) is 8.99. The van der Waals surface area contributed by atoms with Crippen molar-refractivity contribution >= 4 is 0 Å². The molecule has 0 aliphatic carbocycles. The van der Waals surface area contributed by atoms with E-state index in [1.54, 1.807) is 25.3 Å². The maximum atomic E-state index is 9.72. The first kappa shape index (κ1) is 12.3. The van der Waals surface area contributed by atoms with Crippen LogP contribution in [0, 0.1) is 13.8 Å². The lowest BCUT2D eigenvalue weighted by molar-refractivity contribution is 0.430. The van der Waals surface area contributed by atoms with E-state index in [1.165, 1.54) is 0 Å². The van der Waals surface area contributed by atoms with Crippen LogP contribution in [0.2, 0.25) is 0 Å². The monoisotopic (exact) mass is 267 g/mol. The molecule has 0 aliphatic heterocycles. The molecule has 1 aromatic carbocycles. The third-order valence-corrected chi connectivity index (χ3v) is 3.11. The van der Waals surface area contributed by atoms with Crippen LogP contribution in [0.3, 0.4) is 0 Å². The van der Waals surface area contributed by atoms with Gasteiger partial charge in [0.15, 0.2) is 0 Å². The summed E-state index contributed by atoms with van der Waals surface area (Å²) in [5.74, 6) is 1.01. The lowest BCUT2D eigenvalue weighted by Gasteiger charge is -2.01. The lowest BCUT2D eigenvalue weighted by Crippen LogP contribution is -1.87. The van der Waals surface area contributed by atoms with Gasteiger partial charge in [0.05, 0.1) is 0 Å². The number of nitrogens with zero attached hydrogens (tertiary/aromatic N) is 3. The smallest absolute Gasteiger partial charge is 0.258 e. The minimum atomic E-state index is 0.205. The summed E-state index contributed by atoms with van der Waals surface area (Å²) in [7, 11) is 0. The van der Waals surface area contributed by atoms with Gasteiger partial charge in [-0.15, -0.1) is 0 Å². The molecule has 0 spiro atoms. The second-order valence-electron chi connectivity index (χ2n) is 4.59. The molecule has 3 rings (SSSR count). The van der Waals surface area contributed by atoms with Crippen molar-refractivity contribution in [3.8, 4) is 28.7 Å². The Kier molecular flexibility index (Phi) is 2.95. The average Bonchev–Trinajstić information content (AvgIpc) is 2.91. The van der Waals surface area contributed by atoms with Gasteiger partial charge in [0.25, 0.3) is 5.89 Å². The molecule has 0 saturated heterocycles. The van der Waals surface area contributed by atoms with Crippen molar-refractivity contribution in [1.29, 1.82) is 0 Å². The number of rotatable bonds is 2. The summed E-state index contributed by atoms with van der Waals surface area (Å²) in [5, 5.41) is 13.7. The maximum absolute atomic E-state index is 9.72. The highest BCUT2D eigenvalue weighted by Gasteiger charge is 2.14. The van der Waals surface area contributed by atoms with Gasteiger partial charge in [0.2, 0.25) is 5.82 Å².